The highest BCUT2D eigenvalue weighted by atomic mass is 32.1. The predicted molar refractivity (Wildman–Crippen MR) is 68.8 cm³/mol. The molecule has 0 unspecified atom stereocenters. The molecule has 1 aliphatic heterocycles. The van der Waals surface area contributed by atoms with E-state index in [1.165, 1.54) is 43.9 Å². The van der Waals surface area contributed by atoms with Gasteiger partial charge >= 0.3 is 0 Å². The van der Waals surface area contributed by atoms with Crippen molar-refractivity contribution in [2.75, 3.05) is 26.7 Å². The van der Waals surface area contributed by atoms with Crippen molar-refractivity contribution in [2.24, 2.45) is 0 Å². The molecule has 1 aromatic rings. The molecule has 1 N–H and O–H groups in total. The number of nitrogens with zero attached hydrogens (tertiary/aromatic N) is 2. The van der Waals surface area contributed by atoms with Gasteiger partial charge in [-0.25, -0.2) is 4.98 Å². The van der Waals surface area contributed by atoms with Gasteiger partial charge in [0.1, 0.15) is 5.01 Å². The maximum absolute atomic E-state index is 4.49. The Balaban J connectivity index is 2.03. The molecule has 1 aliphatic rings. The van der Waals surface area contributed by atoms with Crippen molar-refractivity contribution in [3.63, 3.8) is 0 Å². The van der Waals surface area contributed by atoms with Gasteiger partial charge in [-0.05, 0) is 32.9 Å². The van der Waals surface area contributed by atoms with Crippen molar-refractivity contribution < 1.29 is 0 Å². The Morgan fingerprint density at radius 2 is 2.25 bits per heavy atom. The fraction of sp³-hybridized carbons (Fsp3) is 0.750. The average Bonchev–Trinajstić information content (AvgIpc) is 2.85. The number of nitrogens with one attached hydrogen (secondary N) is 1. The lowest BCUT2D eigenvalue weighted by Crippen LogP contribution is -2.49. The normalized spacial score (nSPS) is 21.1. The lowest BCUT2D eigenvalue weighted by molar-refractivity contribution is 0.140. The SMILES string of the molecule is CCCN1CCC(NC)(c2nccs2)CC1. The summed E-state index contributed by atoms with van der Waals surface area (Å²) in [5.41, 5.74) is 0.137. The molecular weight excluding hydrogens is 218 g/mol. The van der Waals surface area contributed by atoms with E-state index < -0.39 is 0 Å². The summed E-state index contributed by atoms with van der Waals surface area (Å²) in [5.74, 6) is 0. The van der Waals surface area contributed by atoms with Crippen molar-refractivity contribution in [1.29, 1.82) is 0 Å². The molecule has 1 aromatic heterocycles. The summed E-state index contributed by atoms with van der Waals surface area (Å²) in [6.45, 7) is 5.86. The molecule has 16 heavy (non-hydrogen) atoms. The minimum Gasteiger partial charge on any atom is -0.308 e. The number of hydrogen-bond acceptors (Lipinski definition) is 4. The summed E-state index contributed by atoms with van der Waals surface area (Å²) < 4.78 is 0. The molecule has 90 valence electrons. The summed E-state index contributed by atoms with van der Waals surface area (Å²) in [5, 5.41) is 6.84. The minimum atomic E-state index is 0.137. The molecule has 0 bridgehead atoms. The van der Waals surface area contributed by atoms with Gasteiger partial charge in [-0.15, -0.1) is 11.3 Å². The van der Waals surface area contributed by atoms with Crippen molar-refractivity contribution >= 4 is 11.3 Å². The second kappa shape index (κ2) is 5.25. The highest BCUT2D eigenvalue weighted by Crippen LogP contribution is 2.33. The van der Waals surface area contributed by atoms with Crippen LogP contribution in [0.1, 0.15) is 31.2 Å². The van der Waals surface area contributed by atoms with E-state index in [9.17, 15) is 0 Å². The van der Waals surface area contributed by atoms with Gasteiger partial charge < -0.3 is 10.2 Å². The lowest BCUT2D eigenvalue weighted by atomic mass is 9.88. The van der Waals surface area contributed by atoms with Crippen LogP contribution in [0.2, 0.25) is 0 Å². The summed E-state index contributed by atoms with van der Waals surface area (Å²) in [7, 11) is 2.07. The molecule has 1 saturated heterocycles. The van der Waals surface area contributed by atoms with E-state index in [1.807, 2.05) is 6.20 Å². The Labute approximate surface area is 102 Å². The van der Waals surface area contributed by atoms with Crippen molar-refractivity contribution in [3.8, 4) is 0 Å². The Hall–Kier alpha value is -0.450. The first-order valence-electron chi connectivity index (χ1n) is 6.12. The largest absolute Gasteiger partial charge is 0.308 e. The van der Waals surface area contributed by atoms with E-state index in [1.54, 1.807) is 11.3 Å². The van der Waals surface area contributed by atoms with E-state index in [0.29, 0.717) is 0 Å². The standard InChI is InChI=1S/C12H21N3S/c1-3-7-15-8-4-12(13-2,5-9-15)11-14-6-10-16-11/h6,10,13H,3-5,7-9H2,1-2H3. The molecule has 0 aliphatic carbocycles. The van der Waals surface area contributed by atoms with Crippen LogP contribution in [0.25, 0.3) is 0 Å². The molecule has 2 heterocycles. The van der Waals surface area contributed by atoms with Crippen LogP contribution in [0.15, 0.2) is 11.6 Å². The predicted octanol–water partition coefficient (Wildman–Crippen LogP) is 2.06. The van der Waals surface area contributed by atoms with Gasteiger partial charge in [0, 0.05) is 24.7 Å². The number of piperidine rings is 1. The van der Waals surface area contributed by atoms with Gasteiger partial charge in [-0.2, -0.15) is 0 Å². The topological polar surface area (TPSA) is 28.2 Å². The quantitative estimate of drug-likeness (QED) is 0.872. The maximum atomic E-state index is 4.49. The van der Waals surface area contributed by atoms with E-state index in [4.69, 9.17) is 0 Å². The van der Waals surface area contributed by atoms with Crippen LogP contribution in [0.4, 0.5) is 0 Å². The smallest absolute Gasteiger partial charge is 0.113 e. The highest BCUT2D eigenvalue weighted by Gasteiger charge is 2.36. The number of rotatable bonds is 4. The number of hydrogen-bond donors (Lipinski definition) is 1. The highest BCUT2D eigenvalue weighted by molar-refractivity contribution is 7.09. The summed E-state index contributed by atoms with van der Waals surface area (Å²) in [6, 6.07) is 0. The van der Waals surface area contributed by atoms with E-state index in [2.05, 4.69) is 34.6 Å². The van der Waals surface area contributed by atoms with Gasteiger partial charge in [0.15, 0.2) is 0 Å². The summed E-state index contributed by atoms with van der Waals surface area (Å²) in [6.07, 6.45) is 5.52. The maximum Gasteiger partial charge on any atom is 0.113 e. The van der Waals surface area contributed by atoms with E-state index >= 15 is 0 Å². The Morgan fingerprint density at radius 3 is 2.75 bits per heavy atom. The molecule has 1 fully saturated rings. The number of thiazole rings is 1. The van der Waals surface area contributed by atoms with Crippen LogP contribution in [0, 0.1) is 0 Å². The number of aromatic nitrogens is 1. The van der Waals surface area contributed by atoms with Crippen molar-refractivity contribution in [2.45, 2.75) is 31.7 Å². The van der Waals surface area contributed by atoms with Gasteiger partial charge in [0.25, 0.3) is 0 Å². The third-order valence-corrected chi connectivity index (χ3v) is 4.55. The Morgan fingerprint density at radius 1 is 1.50 bits per heavy atom. The lowest BCUT2D eigenvalue weighted by Gasteiger charge is -2.40. The first kappa shape index (κ1) is 12.0. The molecule has 2 rings (SSSR count). The zero-order valence-corrected chi connectivity index (χ0v) is 11.0. The van der Waals surface area contributed by atoms with Gasteiger partial charge in [-0.1, -0.05) is 6.92 Å². The fourth-order valence-electron chi connectivity index (χ4n) is 2.51. The van der Waals surface area contributed by atoms with E-state index in [0.717, 1.165) is 0 Å². The monoisotopic (exact) mass is 239 g/mol. The van der Waals surface area contributed by atoms with Crippen LogP contribution in [0.3, 0.4) is 0 Å². The first-order chi connectivity index (χ1) is 7.80. The molecule has 3 nitrogen and oxygen atoms in total. The van der Waals surface area contributed by atoms with Gasteiger partial charge in [-0.3, -0.25) is 0 Å². The van der Waals surface area contributed by atoms with Crippen molar-refractivity contribution in [1.82, 2.24) is 15.2 Å². The molecule has 0 saturated carbocycles. The van der Waals surface area contributed by atoms with E-state index in [-0.39, 0.29) is 5.54 Å². The molecule has 0 spiro atoms. The third-order valence-electron chi connectivity index (χ3n) is 3.57. The van der Waals surface area contributed by atoms with Crippen molar-refractivity contribution in [3.05, 3.63) is 16.6 Å². The Bertz CT molecular complexity index is 302. The molecule has 0 atom stereocenters. The minimum absolute atomic E-state index is 0.137. The molecule has 0 amide bonds. The average molecular weight is 239 g/mol. The van der Waals surface area contributed by atoms with Crippen LogP contribution in [0.5, 0.6) is 0 Å². The zero-order valence-electron chi connectivity index (χ0n) is 10.2. The number of likely N-dealkylation sites (tertiary alicyclic amines) is 1. The van der Waals surface area contributed by atoms with Crippen LogP contribution in [-0.4, -0.2) is 36.6 Å². The summed E-state index contributed by atoms with van der Waals surface area (Å²) >= 11 is 1.78. The second-order valence-electron chi connectivity index (χ2n) is 4.51. The van der Waals surface area contributed by atoms with Crippen LogP contribution < -0.4 is 5.32 Å². The zero-order chi connectivity index (χ0) is 11.4. The molecule has 0 aromatic carbocycles. The molecular formula is C12H21N3S. The van der Waals surface area contributed by atoms with Gasteiger partial charge in [0.05, 0.1) is 5.54 Å². The second-order valence-corrected chi connectivity index (χ2v) is 5.41. The third kappa shape index (κ3) is 2.29. The van der Waals surface area contributed by atoms with Crippen LogP contribution >= 0.6 is 11.3 Å². The first-order valence-corrected chi connectivity index (χ1v) is 7.00. The fourth-order valence-corrected chi connectivity index (χ4v) is 3.41. The van der Waals surface area contributed by atoms with Gasteiger partial charge in [0.2, 0.25) is 0 Å². The Kier molecular flexibility index (Phi) is 3.95. The van der Waals surface area contributed by atoms with Crippen LogP contribution in [-0.2, 0) is 5.54 Å². The molecule has 0 radical (unpaired) electrons. The molecule has 4 heteroatoms. The summed E-state index contributed by atoms with van der Waals surface area (Å²) in [4.78, 5) is 7.05.